The van der Waals surface area contributed by atoms with Crippen molar-refractivity contribution in [3.8, 4) is 0 Å². The number of carbonyl (C=O) groups is 2. The van der Waals surface area contributed by atoms with Crippen LogP contribution in [0.1, 0.15) is 56.9 Å². The van der Waals surface area contributed by atoms with Gasteiger partial charge in [0.1, 0.15) is 6.04 Å². The van der Waals surface area contributed by atoms with Crippen molar-refractivity contribution in [1.82, 2.24) is 20.8 Å². The Kier molecular flexibility index (Phi) is 6.74. The summed E-state index contributed by atoms with van der Waals surface area (Å²) < 4.78 is 4.91. The van der Waals surface area contributed by atoms with Gasteiger partial charge in [0.2, 0.25) is 0 Å². The summed E-state index contributed by atoms with van der Waals surface area (Å²) in [6, 6.07) is -1.20. The summed E-state index contributed by atoms with van der Waals surface area (Å²) >= 11 is 0. The molecule has 0 saturated carbocycles. The molecule has 0 fully saturated rings. The second-order valence-corrected chi connectivity index (χ2v) is 8.27. The molecule has 2 atom stereocenters. The van der Waals surface area contributed by atoms with Gasteiger partial charge in [-0.2, -0.15) is 5.10 Å². The molecule has 1 aromatic rings. The highest BCUT2D eigenvalue weighted by Gasteiger charge is 2.28. The number of nitrogens with one attached hydrogen (secondary N) is 3. The van der Waals surface area contributed by atoms with Crippen LogP contribution in [0.5, 0.6) is 0 Å². The predicted octanol–water partition coefficient (Wildman–Crippen LogP) is 2.29. The number of fused-ring (bicyclic) bond motifs is 1. The highest BCUT2D eigenvalue weighted by molar-refractivity contribution is 5.84. The molecule has 0 radical (unpaired) electrons. The van der Waals surface area contributed by atoms with E-state index in [-0.39, 0.29) is 17.6 Å². The van der Waals surface area contributed by atoms with Crippen LogP contribution in [0.4, 0.5) is 4.79 Å². The number of ether oxygens (including phenoxy) is 1. The number of hydrogen-bond donors (Lipinski definition) is 3. The second-order valence-electron chi connectivity index (χ2n) is 8.27. The van der Waals surface area contributed by atoms with E-state index in [0.29, 0.717) is 12.1 Å². The number of amides is 2. The molecule has 2 amide bonds. The van der Waals surface area contributed by atoms with Crippen molar-refractivity contribution >= 4 is 12.0 Å². The van der Waals surface area contributed by atoms with Crippen LogP contribution in [0.3, 0.4) is 0 Å². The van der Waals surface area contributed by atoms with E-state index in [1.807, 2.05) is 18.2 Å². The van der Waals surface area contributed by atoms with Crippen molar-refractivity contribution in [3.63, 3.8) is 0 Å². The van der Waals surface area contributed by atoms with Crippen molar-refractivity contribution in [2.24, 2.45) is 5.41 Å². The minimum atomic E-state index is -0.735. The number of esters is 1. The Bertz CT molecular complexity index is 934. The number of allylic oxidation sites excluding steroid dienone is 3. The zero-order valence-corrected chi connectivity index (χ0v) is 17.8. The zero-order valence-electron chi connectivity index (χ0n) is 17.8. The first-order valence-electron chi connectivity index (χ1n) is 10.5. The van der Waals surface area contributed by atoms with Gasteiger partial charge in [0.15, 0.2) is 0 Å². The van der Waals surface area contributed by atoms with Crippen LogP contribution < -0.4 is 16.2 Å². The van der Waals surface area contributed by atoms with Crippen molar-refractivity contribution < 1.29 is 14.3 Å². The summed E-state index contributed by atoms with van der Waals surface area (Å²) in [4.78, 5) is 36.1. The van der Waals surface area contributed by atoms with E-state index in [2.05, 4.69) is 27.8 Å². The molecular formula is C22H30N4O4. The summed E-state index contributed by atoms with van der Waals surface area (Å²) in [5.74, 6) is -0.473. The summed E-state index contributed by atoms with van der Waals surface area (Å²) in [6.07, 6.45) is 11.2. The van der Waals surface area contributed by atoms with Crippen molar-refractivity contribution in [3.05, 3.63) is 51.1 Å². The summed E-state index contributed by atoms with van der Waals surface area (Å²) in [7, 11) is 0. The minimum absolute atomic E-state index is 0.0765. The lowest BCUT2D eigenvalue weighted by Gasteiger charge is -2.30. The third-order valence-corrected chi connectivity index (χ3v) is 5.59. The molecule has 0 saturated heterocycles. The largest absolute Gasteiger partial charge is 0.464 e. The Hall–Kier alpha value is -2.90. The van der Waals surface area contributed by atoms with Gasteiger partial charge in [-0.05, 0) is 63.0 Å². The maximum Gasteiger partial charge on any atom is 0.328 e. The molecule has 8 nitrogen and oxygen atoms in total. The average molecular weight is 415 g/mol. The number of nitrogens with zero attached hydrogens (tertiary/aromatic N) is 1. The Labute approximate surface area is 176 Å². The van der Waals surface area contributed by atoms with E-state index < -0.39 is 18.0 Å². The quantitative estimate of drug-likeness (QED) is 0.618. The van der Waals surface area contributed by atoms with Gasteiger partial charge in [0.25, 0.3) is 5.56 Å². The Morgan fingerprint density at radius 1 is 1.30 bits per heavy atom. The van der Waals surface area contributed by atoms with Gasteiger partial charge < -0.3 is 15.4 Å². The van der Waals surface area contributed by atoms with E-state index in [1.165, 1.54) is 0 Å². The van der Waals surface area contributed by atoms with Crippen molar-refractivity contribution in [2.75, 3.05) is 6.61 Å². The number of urea groups is 1. The van der Waals surface area contributed by atoms with Crippen molar-refractivity contribution in [2.45, 2.75) is 65.3 Å². The van der Waals surface area contributed by atoms with Crippen LogP contribution in [-0.4, -0.2) is 34.8 Å². The smallest absolute Gasteiger partial charge is 0.328 e. The van der Waals surface area contributed by atoms with E-state index in [1.54, 1.807) is 13.8 Å². The fourth-order valence-corrected chi connectivity index (χ4v) is 4.08. The first-order chi connectivity index (χ1) is 14.3. The van der Waals surface area contributed by atoms with Gasteiger partial charge in [0.05, 0.1) is 12.3 Å². The fraction of sp³-hybridized carbons (Fsp3) is 0.545. The van der Waals surface area contributed by atoms with Crippen LogP contribution in [0, 0.1) is 5.41 Å². The normalized spacial score (nSPS) is 21.2. The molecular weight excluding hydrogens is 384 g/mol. The fourth-order valence-electron chi connectivity index (χ4n) is 4.08. The number of rotatable bonds is 6. The Balaban J connectivity index is 1.70. The van der Waals surface area contributed by atoms with Crippen LogP contribution in [0.25, 0.3) is 0 Å². The van der Waals surface area contributed by atoms with Gasteiger partial charge >= 0.3 is 12.0 Å². The van der Waals surface area contributed by atoms with Gasteiger partial charge in [-0.15, -0.1) is 0 Å². The molecule has 0 aromatic carbocycles. The van der Waals surface area contributed by atoms with Gasteiger partial charge in [-0.25, -0.2) is 14.7 Å². The topological polar surface area (TPSA) is 113 Å². The molecule has 30 heavy (non-hydrogen) atoms. The molecule has 2 aliphatic rings. The number of aromatic amines is 1. The lowest BCUT2D eigenvalue weighted by Crippen LogP contribution is -2.45. The molecule has 162 valence electrons. The maximum atomic E-state index is 12.3. The van der Waals surface area contributed by atoms with Crippen LogP contribution in [-0.2, 0) is 28.8 Å². The molecule has 2 aliphatic carbocycles. The molecule has 0 spiro atoms. The third-order valence-electron chi connectivity index (χ3n) is 5.59. The van der Waals surface area contributed by atoms with Gasteiger partial charge in [0, 0.05) is 17.7 Å². The highest BCUT2D eigenvalue weighted by Crippen LogP contribution is 2.34. The molecule has 0 aliphatic heterocycles. The lowest BCUT2D eigenvalue weighted by atomic mass is 9.77. The van der Waals surface area contributed by atoms with Gasteiger partial charge in [-0.1, -0.05) is 19.1 Å². The molecule has 3 rings (SSSR count). The van der Waals surface area contributed by atoms with Crippen LogP contribution in [0.2, 0.25) is 0 Å². The summed E-state index contributed by atoms with van der Waals surface area (Å²) in [5.41, 5.74) is 3.22. The van der Waals surface area contributed by atoms with Crippen LogP contribution in [0.15, 0.2) is 28.7 Å². The Morgan fingerprint density at radius 3 is 2.77 bits per heavy atom. The molecule has 3 N–H and O–H groups in total. The first-order valence-corrected chi connectivity index (χ1v) is 10.5. The molecule has 8 heteroatoms. The SMILES string of the molecule is CCOC(=O)C(C)NC(=O)NC1=CC(C)(Cc2n[nH]c(=O)c3c2CCCC3)CC=C1. The Morgan fingerprint density at radius 2 is 2.03 bits per heavy atom. The van der Waals surface area contributed by atoms with E-state index in [9.17, 15) is 14.4 Å². The first kappa shape index (κ1) is 21.8. The number of aromatic nitrogens is 2. The number of H-pyrrole nitrogens is 1. The molecule has 0 bridgehead atoms. The van der Waals surface area contributed by atoms with E-state index in [0.717, 1.165) is 48.9 Å². The van der Waals surface area contributed by atoms with E-state index in [4.69, 9.17) is 4.74 Å². The number of carbonyl (C=O) groups excluding carboxylic acids is 2. The van der Waals surface area contributed by atoms with Crippen molar-refractivity contribution in [1.29, 1.82) is 0 Å². The standard InChI is InChI=1S/C22H30N4O4/c1-4-30-20(28)14(2)23-21(29)24-15-8-7-11-22(3,12-15)13-18-16-9-5-6-10-17(16)19(27)26-25-18/h7-8,12,14H,4-6,9-11,13H2,1-3H3,(H,26,27)(H2,23,24,29). The summed E-state index contributed by atoms with van der Waals surface area (Å²) in [5, 5.41) is 12.4. The summed E-state index contributed by atoms with van der Waals surface area (Å²) in [6.45, 7) is 5.68. The van der Waals surface area contributed by atoms with E-state index >= 15 is 0 Å². The highest BCUT2D eigenvalue weighted by atomic mass is 16.5. The third kappa shape index (κ3) is 5.17. The van der Waals surface area contributed by atoms with Crippen LogP contribution >= 0.6 is 0 Å². The predicted molar refractivity (Wildman–Crippen MR) is 113 cm³/mol. The number of hydrogen-bond acceptors (Lipinski definition) is 5. The molecule has 1 aromatic heterocycles. The molecule has 2 unspecified atom stereocenters. The maximum absolute atomic E-state index is 12.3. The minimum Gasteiger partial charge on any atom is -0.464 e. The van der Waals surface area contributed by atoms with Gasteiger partial charge in [-0.3, -0.25) is 4.79 Å². The second kappa shape index (κ2) is 9.28. The average Bonchev–Trinajstić information content (AvgIpc) is 2.70. The lowest BCUT2D eigenvalue weighted by molar-refractivity contribution is -0.144. The zero-order chi connectivity index (χ0) is 21.7. The molecule has 1 heterocycles. The monoisotopic (exact) mass is 414 g/mol.